The van der Waals surface area contributed by atoms with Gasteiger partial charge >= 0.3 is 5.97 Å². The molecule has 3 aromatic rings. The Morgan fingerprint density at radius 1 is 1.12 bits per heavy atom. The summed E-state index contributed by atoms with van der Waals surface area (Å²) in [6.45, 7) is 2.34. The lowest BCUT2D eigenvalue weighted by Crippen LogP contribution is -2.10. The smallest absolute Gasteiger partial charge is 0.311 e. The molecule has 134 valence electrons. The lowest BCUT2D eigenvalue weighted by atomic mass is 10.2. The van der Waals surface area contributed by atoms with E-state index in [0.29, 0.717) is 36.2 Å². The zero-order chi connectivity index (χ0) is 18.4. The van der Waals surface area contributed by atoms with Gasteiger partial charge in [-0.05, 0) is 43.3 Å². The van der Waals surface area contributed by atoms with Gasteiger partial charge in [0.05, 0.1) is 19.2 Å². The largest absolute Gasteiger partial charge is 0.490 e. The molecule has 0 bridgehead atoms. The number of aryl methyl sites for hydroxylation is 1. The molecule has 0 fully saturated rings. The fourth-order valence-corrected chi connectivity index (χ4v) is 2.37. The normalized spacial score (nSPS) is 10.5. The van der Waals surface area contributed by atoms with Crippen LogP contribution < -0.4 is 9.47 Å². The number of hydrogen-bond acceptors (Lipinski definition) is 5. The van der Waals surface area contributed by atoms with E-state index in [1.54, 1.807) is 36.5 Å². The minimum Gasteiger partial charge on any atom is -0.490 e. The number of oxazole rings is 1. The molecule has 2 aromatic carbocycles. The summed E-state index contributed by atoms with van der Waals surface area (Å²) in [5.41, 5.74) is 0.721. The third kappa shape index (κ3) is 4.47. The van der Waals surface area contributed by atoms with E-state index in [-0.39, 0.29) is 12.2 Å². The Morgan fingerprint density at radius 3 is 2.58 bits per heavy atom. The molecule has 0 unspecified atom stereocenters. The molecule has 0 spiro atoms. The second kappa shape index (κ2) is 8.29. The third-order valence-corrected chi connectivity index (χ3v) is 3.60. The predicted octanol–water partition coefficient (Wildman–Crippen LogP) is 4.42. The van der Waals surface area contributed by atoms with Gasteiger partial charge in [0, 0.05) is 12.0 Å². The van der Waals surface area contributed by atoms with E-state index in [4.69, 9.17) is 13.9 Å². The maximum absolute atomic E-state index is 13.0. The van der Waals surface area contributed by atoms with Crippen molar-refractivity contribution in [1.82, 2.24) is 4.98 Å². The van der Waals surface area contributed by atoms with E-state index in [9.17, 15) is 9.18 Å². The first-order valence-corrected chi connectivity index (χ1v) is 8.29. The average Bonchev–Trinajstić information content (AvgIpc) is 3.11. The summed E-state index contributed by atoms with van der Waals surface area (Å²) in [4.78, 5) is 16.2. The Balaban J connectivity index is 1.58. The van der Waals surface area contributed by atoms with Crippen molar-refractivity contribution in [2.45, 2.75) is 19.8 Å². The van der Waals surface area contributed by atoms with Crippen molar-refractivity contribution in [3.63, 3.8) is 0 Å². The molecule has 0 N–H and O–H groups in total. The van der Waals surface area contributed by atoms with Crippen LogP contribution in [-0.2, 0) is 11.2 Å². The summed E-state index contributed by atoms with van der Waals surface area (Å²) in [6, 6.07) is 12.9. The van der Waals surface area contributed by atoms with Crippen molar-refractivity contribution < 1.29 is 23.1 Å². The summed E-state index contributed by atoms with van der Waals surface area (Å²) in [7, 11) is 0. The van der Waals surface area contributed by atoms with E-state index in [2.05, 4.69) is 4.98 Å². The molecule has 0 aliphatic rings. The fraction of sp³-hybridized carbons (Fsp3) is 0.200. The molecule has 3 rings (SSSR count). The van der Waals surface area contributed by atoms with Crippen molar-refractivity contribution in [2.24, 2.45) is 0 Å². The number of halogens is 1. The van der Waals surface area contributed by atoms with Crippen molar-refractivity contribution in [1.29, 1.82) is 0 Å². The van der Waals surface area contributed by atoms with Crippen LogP contribution in [0.15, 0.2) is 59.1 Å². The molecule has 0 saturated heterocycles. The number of esters is 1. The number of carbonyl (C=O) groups excluding carboxylic acids is 1. The molecule has 1 heterocycles. The number of aromatic nitrogens is 1. The van der Waals surface area contributed by atoms with Crippen molar-refractivity contribution in [3.05, 3.63) is 66.4 Å². The van der Waals surface area contributed by atoms with Gasteiger partial charge in [-0.25, -0.2) is 9.37 Å². The van der Waals surface area contributed by atoms with Gasteiger partial charge < -0.3 is 13.9 Å². The van der Waals surface area contributed by atoms with Gasteiger partial charge in [-0.15, -0.1) is 0 Å². The van der Waals surface area contributed by atoms with E-state index in [1.165, 1.54) is 12.1 Å². The van der Waals surface area contributed by atoms with E-state index < -0.39 is 5.97 Å². The SMILES string of the molecule is CCOc1ccccc1OC(=O)CCc1ncc(-c2ccc(F)cc2)o1. The maximum Gasteiger partial charge on any atom is 0.311 e. The van der Waals surface area contributed by atoms with Crippen LogP contribution in [0.25, 0.3) is 11.3 Å². The van der Waals surface area contributed by atoms with E-state index in [0.717, 1.165) is 5.56 Å². The summed E-state index contributed by atoms with van der Waals surface area (Å²) in [5.74, 6) is 1.13. The molecule has 0 saturated carbocycles. The lowest BCUT2D eigenvalue weighted by molar-refractivity contribution is -0.134. The quantitative estimate of drug-likeness (QED) is 0.464. The number of para-hydroxylation sites is 2. The highest BCUT2D eigenvalue weighted by atomic mass is 19.1. The zero-order valence-electron chi connectivity index (χ0n) is 14.3. The van der Waals surface area contributed by atoms with Crippen LogP contribution in [0.5, 0.6) is 11.5 Å². The summed E-state index contributed by atoms with van der Waals surface area (Å²) < 4.78 is 29.3. The predicted molar refractivity (Wildman–Crippen MR) is 93.5 cm³/mol. The number of hydrogen-bond donors (Lipinski definition) is 0. The Morgan fingerprint density at radius 2 is 1.85 bits per heavy atom. The van der Waals surface area contributed by atoms with Gasteiger partial charge in [0.25, 0.3) is 0 Å². The minimum absolute atomic E-state index is 0.115. The first kappa shape index (κ1) is 17.7. The highest BCUT2D eigenvalue weighted by Gasteiger charge is 2.13. The van der Waals surface area contributed by atoms with Crippen LogP contribution in [-0.4, -0.2) is 17.6 Å². The monoisotopic (exact) mass is 355 g/mol. The van der Waals surface area contributed by atoms with Crippen LogP contribution >= 0.6 is 0 Å². The Hall–Kier alpha value is -3.15. The topological polar surface area (TPSA) is 61.6 Å². The van der Waals surface area contributed by atoms with Gasteiger partial charge in [-0.3, -0.25) is 4.79 Å². The average molecular weight is 355 g/mol. The van der Waals surface area contributed by atoms with Crippen molar-refractivity contribution in [3.8, 4) is 22.8 Å². The molecule has 0 aliphatic heterocycles. The standard InChI is InChI=1S/C20H18FNO4/c1-2-24-16-5-3-4-6-17(16)26-20(23)12-11-19-22-13-18(25-19)14-7-9-15(21)10-8-14/h3-10,13H,2,11-12H2,1H3. The highest BCUT2D eigenvalue weighted by Crippen LogP contribution is 2.27. The molecule has 26 heavy (non-hydrogen) atoms. The number of nitrogens with zero attached hydrogens (tertiary/aromatic N) is 1. The summed E-state index contributed by atoms with van der Waals surface area (Å²) >= 11 is 0. The van der Waals surface area contributed by atoms with Crippen LogP contribution in [0.2, 0.25) is 0 Å². The van der Waals surface area contributed by atoms with Crippen molar-refractivity contribution in [2.75, 3.05) is 6.61 Å². The molecular formula is C20H18FNO4. The van der Waals surface area contributed by atoms with Gasteiger partial charge in [0.2, 0.25) is 0 Å². The maximum atomic E-state index is 13.0. The first-order chi connectivity index (χ1) is 12.7. The highest BCUT2D eigenvalue weighted by molar-refractivity contribution is 5.73. The molecule has 0 amide bonds. The second-order valence-electron chi connectivity index (χ2n) is 5.48. The molecule has 1 aromatic heterocycles. The van der Waals surface area contributed by atoms with Crippen LogP contribution in [0.3, 0.4) is 0 Å². The molecule has 0 aliphatic carbocycles. The fourth-order valence-electron chi connectivity index (χ4n) is 2.37. The molecule has 6 heteroatoms. The van der Waals surface area contributed by atoms with Crippen molar-refractivity contribution >= 4 is 5.97 Å². The van der Waals surface area contributed by atoms with Crippen LogP contribution in [0.1, 0.15) is 19.2 Å². The number of benzene rings is 2. The van der Waals surface area contributed by atoms with Crippen LogP contribution in [0, 0.1) is 5.82 Å². The van der Waals surface area contributed by atoms with Crippen LogP contribution in [0.4, 0.5) is 4.39 Å². The van der Waals surface area contributed by atoms with E-state index in [1.807, 2.05) is 13.0 Å². The summed E-state index contributed by atoms with van der Waals surface area (Å²) in [5, 5.41) is 0. The molecule has 5 nitrogen and oxygen atoms in total. The van der Waals surface area contributed by atoms with Gasteiger partial charge in [-0.2, -0.15) is 0 Å². The molecular weight excluding hydrogens is 337 g/mol. The first-order valence-electron chi connectivity index (χ1n) is 8.29. The summed E-state index contributed by atoms with van der Waals surface area (Å²) in [6.07, 6.45) is 1.97. The minimum atomic E-state index is -0.404. The molecule has 0 radical (unpaired) electrons. The zero-order valence-corrected chi connectivity index (χ0v) is 14.3. The number of ether oxygens (including phenoxy) is 2. The lowest BCUT2D eigenvalue weighted by Gasteiger charge is -2.09. The van der Waals surface area contributed by atoms with E-state index >= 15 is 0 Å². The Kier molecular flexibility index (Phi) is 5.63. The number of carbonyl (C=O) groups is 1. The van der Waals surface area contributed by atoms with Gasteiger partial charge in [0.15, 0.2) is 23.1 Å². The third-order valence-electron chi connectivity index (χ3n) is 3.60. The van der Waals surface area contributed by atoms with Gasteiger partial charge in [0.1, 0.15) is 5.82 Å². The Labute approximate surface area is 150 Å². The Bertz CT molecular complexity index is 874. The second-order valence-corrected chi connectivity index (χ2v) is 5.48. The number of rotatable bonds is 7. The van der Waals surface area contributed by atoms with Gasteiger partial charge in [-0.1, -0.05) is 12.1 Å². The molecule has 0 atom stereocenters.